The number of allylic oxidation sites excluding steroid dienone is 4. The second-order valence-corrected chi connectivity index (χ2v) is 14.7. The van der Waals surface area contributed by atoms with E-state index in [1.807, 2.05) is 48.5 Å². The number of ether oxygens (including phenoxy) is 4. The van der Waals surface area contributed by atoms with Crippen LogP contribution in [0.2, 0.25) is 0 Å². The summed E-state index contributed by atoms with van der Waals surface area (Å²) in [6.07, 6.45) is 10.3. The highest BCUT2D eigenvalue weighted by atomic mass is 16.5. The van der Waals surface area contributed by atoms with Gasteiger partial charge in [-0.3, -0.25) is 9.59 Å². The van der Waals surface area contributed by atoms with E-state index in [-0.39, 0.29) is 59.3 Å². The summed E-state index contributed by atoms with van der Waals surface area (Å²) in [5.74, 6) is 1.36. The molecule has 0 saturated carbocycles. The lowest BCUT2D eigenvalue weighted by molar-refractivity contribution is -0.161. The van der Waals surface area contributed by atoms with Crippen LogP contribution >= 0.6 is 0 Å². The summed E-state index contributed by atoms with van der Waals surface area (Å²) in [6, 6.07) is 15.7. The zero-order chi connectivity index (χ0) is 35.4. The number of methoxy groups -OCH3 is 2. The Morgan fingerprint density at radius 1 is 0.500 bits per heavy atom. The van der Waals surface area contributed by atoms with Crippen molar-refractivity contribution in [2.75, 3.05) is 14.2 Å². The van der Waals surface area contributed by atoms with Crippen LogP contribution in [0.3, 0.4) is 0 Å². The minimum absolute atomic E-state index is 0.0385. The first-order chi connectivity index (χ1) is 22.9. The quantitative estimate of drug-likeness (QED) is 0.207. The Morgan fingerprint density at radius 2 is 0.812 bits per heavy atom. The van der Waals surface area contributed by atoms with E-state index in [1.54, 1.807) is 14.2 Å². The van der Waals surface area contributed by atoms with Gasteiger partial charge in [-0.05, 0) is 84.7 Å². The smallest absolute Gasteiger partial charge is 0.310 e. The Bertz CT molecular complexity index is 1220. The Hall–Kier alpha value is -3.54. The number of rotatable bonds is 8. The predicted molar refractivity (Wildman–Crippen MR) is 194 cm³/mol. The monoisotopic (exact) mass is 660 g/mol. The summed E-state index contributed by atoms with van der Waals surface area (Å²) in [5.41, 5.74) is 1.91. The van der Waals surface area contributed by atoms with Crippen molar-refractivity contribution < 1.29 is 28.5 Å². The number of hydrogen-bond donors (Lipinski definition) is 0. The number of esters is 2. The van der Waals surface area contributed by atoms with Crippen LogP contribution < -0.4 is 9.47 Å². The molecule has 0 radical (unpaired) electrons. The molecule has 3 rings (SSSR count). The van der Waals surface area contributed by atoms with Gasteiger partial charge >= 0.3 is 11.9 Å². The topological polar surface area (TPSA) is 71.1 Å². The third-order valence-corrected chi connectivity index (χ3v) is 10.0. The van der Waals surface area contributed by atoms with Gasteiger partial charge < -0.3 is 18.9 Å². The van der Waals surface area contributed by atoms with Crippen molar-refractivity contribution in [1.29, 1.82) is 0 Å². The average Bonchev–Trinajstić information content (AvgIpc) is 3.05. The SMILES string of the molecule is COc1ccc(C2OC(=O)[C@H](C(C)C)C/C=C/C[C@@H](C(C)C)C(c3ccc(OC)cc3)OC(=O)[C@H](C(C)C)C/C=C/C[C@H]2C(C)C)cc1. The molecule has 6 nitrogen and oxygen atoms in total. The largest absolute Gasteiger partial charge is 0.497 e. The first-order valence-corrected chi connectivity index (χ1v) is 17.9. The highest BCUT2D eigenvalue weighted by Gasteiger charge is 2.34. The van der Waals surface area contributed by atoms with Gasteiger partial charge in [0.2, 0.25) is 0 Å². The third kappa shape index (κ3) is 10.7. The van der Waals surface area contributed by atoms with Gasteiger partial charge in [0, 0.05) is 11.8 Å². The van der Waals surface area contributed by atoms with E-state index in [9.17, 15) is 9.59 Å². The van der Waals surface area contributed by atoms with Gasteiger partial charge in [-0.15, -0.1) is 0 Å². The molecule has 0 spiro atoms. The highest BCUT2D eigenvalue weighted by Crippen LogP contribution is 2.39. The van der Waals surface area contributed by atoms with Crippen molar-refractivity contribution in [2.24, 2.45) is 47.3 Å². The standard InChI is InChI=1S/C42H60O6/c1-27(2)35-15-11-13-17-38(30(7)8)42(44)48-40(32-21-25-34(46-10)26-22-32)36(28(3)4)16-12-14-18-37(29(5)6)41(43)47-39(35)31-19-23-33(45-9)24-20-31/h11-14,19-30,35-40H,15-18H2,1-10H3/b13-11+,14-12+/t35-,36-,37-,38-,39?,40?/m0/s1. The number of carbonyl (C=O) groups excluding carboxylic acids is 2. The van der Waals surface area contributed by atoms with Crippen LogP contribution in [-0.4, -0.2) is 26.2 Å². The van der Waals surface area contributed by atoms with E-state index >= 15 is 0 Å². The lowest BCUT2D eigenvalue weighted by Crippen LogP contribution is -2.30. The molecule has 0 aliphatic carbocycles. The molecule has 2 aromatic rings. The fraction of sp³-hybridized carbons (Fsp3) is 0.571. The third-order valence-electron chi connectivity index (χ3n) is 10.0. The van der Waals surface area contributed by atoms with Gasteiger partial charge in [-0.2, -0.15) is 0 Å². The van der Waals surface area contributed by atoms with Crippen LogP contribution in [0.4, 0.5) is 0 Å². The number of benzene rings is 2. The van der Waals surface area contributed by atoms with Gasteiger partial charge in [-0.25, -0.2) is 0 Å². The fourth-order valence-electron chi connectivity index (χ4n) is 6.58. The molecule has 6 atom stereocenters. The first-order valence-electron chi connectivity index (χ1n) is 17.9. The molecule has 2 unspecified atom stereocenters. The second-order valence-electron chi connectivity index (χ2n) is 14.7. The number of carbonyl (C=O) groups is 2. The molecule has 0 bridgehead atoms. The van der Waals surface area contributed by atoms with Crippen LogP contribution in [0.5, 0.6) is 11.5 Å². The van der Waals surface area contributed by atoms with E-state index in [0.717, 1.165) is 22.6 Å². The molecule has 0 N–H and O–H groups in total. The molecule has 1 aliphatic heterocycles. The highest BCUT2D eigenvalue weighted by molar-refractivity contribution is 5.74. The van der Waals surface area contributed by atoms with Gasteiger partial charge in [0.1, 0.15) is 23.7 Å². The summed E-state index contributed by atoms with van der Waals surface area (Å²) in [5, 5.41) is 0. The molecule has 0 fully saturated rings. The minimum Gasteiger partial charge on any atom is -0.497 e. The van der Waals surface area contributed by atoms with Crippen LogP contribution in [0.25, 0.3) is 0 Å². The Balaban J connectivity index is 2.06. The molecule has 0 saturated heterocycles. The van der Waals surface area contributed by atoms with Crippen LogP contribution in [0.1, 0.15) is 104 Å². The van der Waals surface area contributed by atoms with Crippen molar-refractivity contribution in [3.8, 4) is 11.5 Å². The Labute approximate surface area is 290 Å². The lowest BCUT2D eigenvalue weighted by Gasteiger charge is -2.32. The average molecular weight is 661 g/mol. The van der Waals surface area contributed by atoms with Crippen LogP contribution in [0, 0.1) is 47.3 Å². The van der Waals surface area contributed by atoms with E-state index in [1.165, 1.54) is 0 Å². The van der Waals surface area contributed by atoms with Gasteiger partial charge in [0.05, 0.1) is 26.1 Å². The molecule has 2 aromatic carbocycles. The molecule has 264 valence electrons. The Morgan fingerprint density at radius 3 is 1.08 bits per heavy atom. The molecule has 1 aliphatic rings. The van der Waals surface area contributed by atoms with Gasteiger partial charge in [-0.1, -0.05) is 104 Å². The van der Waals surface area contributed by atoms with Crippen molar-refractivity contribution in [3.05, 3.63) is 84.0 Å². The molecule has 0 amide bonds. The molecule has 1 heterocycles. The van der Waals surface area contributed by atoms with E-state index < -0.39 is 12.2 Å². The van der Waals surface area contributed by atoms with E-state index in [2.05, 4.69) is 79.7 Å². The maximum atomic E-state index is 14.0. The molecule has 6 heteroatoms. The van der Waals surface area contributed by atoms with Crippen molar-refractivity contribution in [2.45, 2.75) is 93.3 Å². The maximum Gasteiger partial charge on any atom is 0.310 e. The van der Waals surface area contributed by atoms with Gasteiger partial charge in [0.15, 0.2) is 0 Å². The summed E-state index contributed by atoms with van der Waals surface area (Å²) in [6.45, 7) is 17.0. The molecular weight excluding hydrogens is 600 g/mol. The Kier molecular flexibility index (Phi) is 15.3. The zero-order valence-electron chi connectivity index (χ0n) is 31.0. The second kappa shape index (κ2) is 18.9. The minimum atomic E-state index is -0.418. The number of cyclic esters (lactones) is 2. The van der Waals surface area contributed by atoms with Crippen molar-refractivity contribution in [1.82, 2.24) is 0 Å². The summed E-state index contributed by atoms with van der Waals surface area (Å²) >= 11 is 0. The fourth-order valence-corrected chi connectivity index (χ4v) is 6.58. The predicted octanol–water partition coefficient (Wildman–Crippen LogP) is 10.3. The molecule has 0 aromatic heterocycles. The summed E-state index contributed by atoms with van der Waals surface area (Å²) in [7, 11) is 3.30. The first kappa shape index (κ1) is 38.9. The summed E-state index contributed by atoms with van der Waals surface area (Å²) in [4.78, 5) is 27.9. The molecule has 48 heavy (non-hydrogen) atoms. The maximum absolute atomic E-state index is 14.0. The van der Waals surface area contributed by atoms with Crippen LogP contribution in [-0.2, 0) is 19.1 Å². The van der Waals surface area contributed by atoms with Crippen molar-refractivity contribution in [3.63, 3.8) is 0 Å². The normalized spacial score (nSPS) is 26.5. The van der Waals surface area contributed by atoms with Gasteiger partial charge in [0.25, 0.3) is 0 Å². The lowest BCUT2D eigenvalue weighted by atomic mass is 9.82. The van der Waals surface area contributed by atoms with E-state index in [0.29, 0.717) is 25.7 Å². The summed E-state index contributed by atoms with van der Waals surface area (Å²) < 4.78 is 23.8. The van der Waals surface area contributed by atoms with Crippen molar-refractivity contribution >= 4 is 11.9 Å². The zero-order valence-corrected chi connectivity index (χ0v) is 31.0. The van der Waals surface area contributed by atoms with Crippen LogP contribution in [0.15, 0.2) is 72.8 Å². The molecular formula is C42H60O6. The number of hydrogen-bond acceptors (Lipinski definition) is 6. The van der Waals surface area contributed by atoms with E-state index in [4.69, 9.17) is 18.9 Å².